The van der Waals surface area contributed by atoms with Crippen LogP contribution < -0.4 is 5.32 Å². The van der Waals surface area contributed by atoms with Crippen molar-refractivity contribution < 1.29 is 13.9 Å². The first-order valence-corrected chi connectivity index (χ1v) is 6.90. The van der Waals surface area contributed by atoms with Crippen LogP contribution in [0, 0.1) is 12.7 Å². The van der Waals surface area contributed by atoms with E-state index in [1.54, 1.807) is 13.0 Å². The number of thiazole rings is 1. The number of nitrogens with one attached hydrogen (secondary N) is 1. The van der Waals surface area contributed by atoms with Crippen LogP contribution in [0.1, 0.15) is 15.4 Å². The summed E-state index contributed by atoms with van der Waals surface area (Å²) >= 11 is 4.47. The topological polar surface area (TPSA) is 51.2 Å². The third kappa shape index (κ3) is 3.10. The van der Waals surface area contributed by atoms with E-state index in [1.807, 2.05) is 0 Å². The first kappa shape index (κ1) is 14.0. The van der Waals surface area contributed by atoms with Crippen LogP contribution in [0.4, 0.5) is 15.2 Å². The van der Waals surface area contributed by atoms with Crippen molar-refractivity contribution in [1.82, 2.24) is 4.98 Å². The lowest BCUT2D eigenvalue weighted by molar-refractivity contribution is 0.0605. The molecule has 1 N–H and O–H groups in total. The van der Waals surface area contributed by atoms with Crippen LogP contribution >= 0.6 is 27.3 Å². The summed E-state index contributed by atoms with van der Waals surface area (Å²) in [5.41, 5.74) is 1.12. The first-order chi connectivity index (χ1) is 9.01. The van der Waals surface area contributed by atoms with Crippen molar-refractivity contribution in [2.24, 2.45) is 0 Å². The van der Waals surface area contributed by atoms with Crippen LogP contribution in [0.15, 0.2) is 22.7 Å². The van der Waals surface area contributed by atoms with Crippen LogP contribution in [0.5, 0.6) is 0 Å². The molecule has 0 aliphatic carbocycles. The highest BCUT2D eigenvalue weighted by Gasteiger charge is 2.16. The van der Waals surface area contributed by atoms with E-state index in [9.17, 15) is 9.18 Å². The highest BCUT2D eigenvalue weighted by Crippen LogP contribution is 2.30. The molecule has 0 fully saturated rings. The van der Waals surface area contributed by atoms with E-state index >= 15 is 0 Å². The van der Waals surface area contributed by atoms with Crippen LogP contribution in [0.2, 0.25) is 0 Å². The molecule has 0 atom stereocenters. The molecule has 2 aromatic rings. The Balaban J connectivity index is 2.29. The van der Waals surface area contributed by atoms with Gasteiger partial charge in [0.15, 0.2) is 5.13 Å². The van der Waals surface area contributed by atoms with E-state index in [0.29, 0.717) is 25.9 Å². The molecule has 100 valence electrons. The number of hydrogen-bond donors (Lipinski definition) is 1. The molecule has 1 aromatic heterocycles. The normalized spacial score (nSPS) is 10.3. The van der Waals surface area contributed by atoms with Gasteiger partial charge in [-0.1, -0.05) is 11.3 Å². The number of aryl methyl sites for hydroxylation is 1. The number of nitrogens with zero attached hydrogens (tertiary/aromatic N) is 1. The Morgan fingerprint density at radius 1 is 1.53 bits per heavy atom. The van der Waals surface area contributed by atoms with Gasteiger partial charge in [-0.25, -0.2) is 14.2 Å². The van der Waals surface area contributed by atoms with E-state index in [0.717, 1.165) is 11.3 Å². The number of methoxy groups -OCH3 is 1. The summed E-state index contributed by atoms with van der Waals surface area (Å²) in [5, 5.41) is 3.47. The summed E-state index contributed by atoms with van der Waals surface area (Å²) in [6, 6.07) is 4.29. The molecule has 0 spiro atoms. The zero-order valence-electron chi connectivity index (χ0n) is 10.2. The quantitative estimate of drug-likeness (QED) is 0.858. The van der Waals surface area contributed by atoms with Gasteiger partial charge < -0.3 is 10.1 Å². The van der Waals surface area contributed by atoms with Gasteiger partial charge in [-0.15, -0.1) is 0 Å². The summed E-state index contributed by atoms with van der Waals surface area (Å²) < 4.78 is 18.5. The summed E-state index contributed by atoms with van der Waals surface area (Å²) in [4.78, 5) is 16.1. The molecule has 0 aliphatic rings. The molecule has 1 heterocycles. The van der Waals surface area contributed by atoms with E-state index in [2.05, 4.69) is 31.0 Å². The molecular weight excluding hydrogens is 335 g/mol. The van der Waals surface area contributed by atoms with Crippen molar-refractivity contribution >= 4 is 44.1 Å². The summed E-state index contributed by atoms with van der Waals surface area (Å²) in [6.07, 6.45) is 0. The maximum Gasteiger partial charge on any atom is 0.350 e. The molecular formula is C12H10BrFN2O2S. The molecule has 0 aliphatic heterocycles. The lowest BCUT2D eigenvalue weighted by Gasteiger charge is -2.04. The Bertz CT molecular complexity index is 630. The lowest BCUT2D eigenvalue weighted by atomic mass is 10.3. The van der Waals surface area contributed by atoms with Crippen molar-refractivity contribution in [2.75, 3.05) is 12.4 Å². The summed E-state index contributed by atoms with van der Waals surface area (Å²) in [6.45, 7) is 1.72. The molecule has 2 rings (SSSR count). The Morgan fingerprint density at radius 3 is 2.95 bits per heavy atom. The summed E-state index contributed by atoms with van der Waals surface area (Å²) in [5.74, 6) is -0.784. The van der Waals surface area contributed by atoms with Crippen molar-refractivity contribution in [1.29, 1.82) is 0 Å². The predicted molar refractivity (Wildman–Crippen MR) is 75.6 cm³/mol. The number of carbonyl (C=O) groups excluding carboxylic acids is 1. The number of benzene rings is 1. The van der Waals surface area contributed by atoms with Crippen LogP contribution in [-0.2, 0) is 4.74 Å². The highest BCUT2D eigenvalue weighted by molar-refractivity contribution is 9.10. The Kier molecular flexibility index (Phi) is 4.16. The van der Waals surface area contributed by atoms with Crippen LogP contribution in [-0.4, -0.2) is 18.1 Å². The zero-order chi connectivity index (χ0) is 14.0. The maximum atomic E-state index is 13.2. The Hall–Kier alpha value is -1.47. The largest absolute Gasteiger partial charge is 0.465 e. The SMILES string of the molecule is COC(=O)c1sc(Nc2cc(F)ccc2Br)nc1C. The van der Waals surface area contributed by atoms with E-state index in [4.69, 9.17) is 0 Å². The fourth-order valence-corrected chi connectivity index (χ4v) is 2.68. The number of esters is 1. The van der Waals surface area contributed by atoms with Gasteiger partial charge in [0, 0.05) is 4.47 Å². The third-order valence-electron chi connectivity index (χ3n) is 2.34. The number of halogens is 2. The van der Waals surface area contributed by atoms with Crippen molar-refractivity contribution in [2.45, 2.75) is 6.92 Å². The number of carbonyl (C=O) groups is 1. The van der Waals surface area contributed by atoms with Gasteiger partial charge >= 0.3 is 5.97 Å². The van der Waals surface area contributed by atoms with Crippen molar-refractivity contribution in [3.8, 4) is 0 Å². The predicted octanol–water partition coefficient (Wildman–Crippen LogP) is 3.88. The minimum absolute atomic E-state index is 0.354. The number of hydrogen-bond acceptors (Lipinski definition) is 5. The fourth-order valence-electron chi connectivity index (χ4n) is 1.44. The second kappa shape index (κ2) is 5.66. The monoisotopic (exact) mass is 344 g/mol. The average molecular weight is 345 g/mol. The van der Waals surface area contributed by atoms with Gasteiger partial charge in [-0.2, -0.15) is 0 Å². The molecule has 0 amide bonds. The smallest absolute Gasteiger partial charge is 0.350 e. The van der Waals surface area contributed by atoms with Gasteiger partial charge in [0.1, 0.15) is 10.7 Å². The highest BCUT2D eigenvalue weighted by atomic mass is 79.9. The zero-order valence-corrected chi connectivity index (χ0v) is 12.6. The molecule has 0 radical (unpaired) electrons. The fraction of sp³-hybridized carbons (Fsp3) is 0.167. The molecule has 0 bridgehead atoms. The van der Waals surface area contributed by atoms with Crippen molar-refractivity contribution in [3.63, 3.8) is 0 Å². The third-order valence-corrected chi connectivity index (χ3v) is 4.08. The maximum absolute atomic E-state index is 13.2. The number of aromatic nitrogens is 1. The molecule has 7 heteroatoms. The average Bonchev–Trinajstić information content (AvgIpc) is 2.74. The van der Waals surface area contributed by atoms with Crippen LogP contribution in [0.3, 0.4) is 0 Å². The van der Waals surface area contributed by atoms with E-state index < -0.39 is 5.97 Å². The van der Waals surface area contributed by atoms with Gasteiger partial charge in [-0.05, 0) is 41.1 Å². The summed E-state index contributed by atoms with van der Waals surface area (Å²) in [7, 11) is 1.32. The standard InChI is InChI=1S/C12H10BrFN2O2S/c1-6-10(11(17)18-2)19-12(15-6)16-9-5-7(14)3-4-8(9)13/h3-5H,1-2H3,(H,15,16). The second-order valence-corrected chi connectivity index (χ2v) is 5.53. The Morgan fingerprint density at radius 2 is 2.26 bits per heavy atom. The number of rotatable bonds is 3. The molecule has 4 nitrogen and oxygen atoms in total. The first-order valence-electron chi connectivity index (χ1n) is 5.29. The van der Waals surface area contributed by atoms with Gasteiger partial charge in [0.05, 0.1) is 18.5 Å². The molecule has 19 heavy (non-hydrogen) atoms. The van der Waals surface area contributed by atoms with Gasteiger partial charge in [0.2, 0.25) is 0 Å². The van der Waals surface area contributed by atoms with Gasteiger partial charge in [0.25, 0.3) is 0 Å². The van der Waals surface area contributed by atoms with Crippen LogP contribution in [0.25, 0.3) is 0 Å². The van der Waals surface area contributed by atoms with Crippen molar-refractivity contribution in [3.05, 3.63) is 39.1 Å². The molecule has 0 saturated carbocycles. The lowest BCUT2D eigenvalue weighted by Crippen LogP contribution is -1.99. The van der Waals surface area contributed by atoms with E-state index in [1.165, 1.54) is 19.2 Å². The number of anilines is 2. The minimum Gasteiger partial charge on any atom is -0.465 e. The molecule has 0 saturated heterocycles. The number of ether oxygens (including phenoxy) is 1. The van der Waals surface area contributed by atoms with E-state index in [-0.39, 0.29) is 5.82 Å². The van der Waals surface area contributed by atoms with Gasteiger partial charge in [-0.3, -0.25) is 0 Å². The minimum atomic E-state index is -0.429. The second-order valence-electron chi connectivity index (χ2n) is 3.67. The molecule has 1 aromatic carbocycles. The molecule has 0 unspecified atom stereocenters. The Labute approximate surface area is 121 Å².